The van der Waals surface area contributed by atoms with E-state index in [2.05, 4.69) is 15.1 Å². The maximum Gasteiger partial charge on any atom is 0.274 e. The second-order valence-corrected chi connectivity index (χ2v) is 7.20. The van der Waals surface area contributed by atoms with Gasteiger partial charge in [0.25, 0.3) is 11.3 Å². The molecule has 0 spiro atoms. The van der Waals surface area contributed by atoms with E-state index in [9.17, 15) is 4.79 Å². The lowest BCUT2D eigenvalue weighted by Gasteiger charge is -2.09. The summed E-state index contributed by atoms with van der Waals surface area (Å²) in [5.41, 5.74) is 2.23. The van der Waals surface area contributed by atoms with E-state index < -0.39 is 0 Å². The van der Waals surface area contributed by atoms with Crippen LogP contribution in [0.1, 0.15) is 16.8 Å². The molecule has 0 aliphatic carbocycles. The predicted octanol–water partition coefficient (Wildman–Crippen LogP) is 4.00. The molecule has 0 amide bonds. The summed E-state index contributed by atoms with van der Waals surface area (Å²) in [4.78, 5) is 22.3. The van der Waals surface area contributed by atoms with E-state index in [1.54, 1.807) is 17.4 Å². The second kappa shape index (κ2) is 6.59. The van der Waals surface area contributed by atoms with Gasteiger partial charge in [0.05, 0.1) is 10.6 Å². The summed E-state index contributed by atoms with van der Waals surface area (Å²) in [5.74, 6) is 1.61. The van der Waals surface area contributed by atoms with Crippen LogP contribution >= 0.6 is 22.9 Å². The first-order chi connectivity index (χ1) is 12.5. The molecule has 0 saturated carbocycles. The normalized spacial score (nSPS) is 11.2. The summed E-state index contributed by atoms with van der Waals surface area (Å²) in [6.07, 6.45) is 0. The molecule has 1 aromatic carbocycles. The molecule has 3 heterocycles. The number of rotatable bonds is 4. The van der Waals surface area contributed by atoms with Crippen LogP contribution in [-0.2, 0) is 6.61 Å². The van der Waals surface area contributed by atoms with E-state index in [4.69, 9.17) is 16.3 Å². The first-order valence-electron chi connectivity index (χ1n) is 7.94. The van der Waals surface area contributed by atoms with Gasteiger partial charge in [-0.2, -0.15) is 9.50 Å². The number of aromatic nitrogens is 4. The van der Waals surface area contributed by atoms with Gasteiger partial charge in [-0.3, -0.25) is 9.89 Å². The summed E-state index contributed by atoms with van der Waals surface area (Å²) >= 11 is 7.67. The number of benzene rings is 1. The monoisotopic (exact) mass is 386 g/mol. The van der Waals surface area contributed by atoms with Crippen LogP contribution in [0.2, 0.25) is 5.02 Å². The molecule has 0 aliphatic rings. The van der Waals surface area contributed by atoms with Crippen molar-refractivity contribution >= 4 is 28.7 Å². The number of ether oxygens (including phenoxy) is 1. The van der Waals surface area contributed by atoms with Crippen molar-refractivity contribution in [2.45, 2.75) is 20.5 Å². The maximum atomic E-state index is 12.4. The predicted molar refractivity (Wildman–Crippen MR) is 102 cm³/mol. The number of nitrogens with zero attached hydrogens (tertiary/aromatic N) is 3. The largest absolute Gasteiger partial charge is 0.487 e. The molecule has 26 heavy (non-hydrogen) atoms. The number of aryl methyl sites for hydroxylation is 1. The van der Waals surface area contributed by atoms with Crippen LogP contribution in [0.4, 0.5) is 0 Å². The molecule has 0 bridgehead atoms. The highest BCUT2D eigenvalue weighted by atomic mass is 35.5. The zero-order chi connectivity index (χ0) is 18.3. The quantitative estimate of drug-likeness (QED) is 0.575. The first kappa shape index (κ1) is 16.8. The molecule has 0 aliphatic heterocycles. The van der Waals surface area contributed by atoms with Crippen molar-refractivity contribution in [3.8, 4) is 16.5 Å². The molecule has 4 rings (SSSR count). The van der Waals surface area contributed by atoms with Crippen LogP contribution in [0.25, 0.3) is 16.5 Å². The van der Waals surface area contributed by atoms with E-state index in [-0.39, 0.29) is 12.2 Å². The van der Waals surface area contributed by atoms with Gasteiger partial charge < -0.3 is 4.74 Å². The Bertz CT molecular complexity index is 1160. The van der Waals surface area contributed by atoms with Crippen molar-refractivity contribution in [2.75, 3.05) is 0 Å². The number of hydrogen-bond acceptors (Lipinski definition) is 5. The third-order valence-electron chi connectivity index (χ3n) is 4.05. The van der Waals surface area contributed by atoms with Gasteiger partial charge in [-0.05, 0) is 43.0 Å². The number of fused-ring (bicyclic) bond motifs is 1. The van der Waals surface area contributed by atoms with E-state index in [0.717, 1.165) is 16.0 Å². The lowest BCUT2D eigenvalue weighted by Crippen LogP contribution is -2.16. The van der Waals surface area contributed by atoms with Gasteiger partial charge in [-0.25, -0.2) is 4.98 Å². The third kappa shape index (κ3) is 3.00. The second-order valence-electron chi connectivity index (χ2n) is 5.88. The Morgan fingerprint density at radius 3 is 2.88 bits per heavy atom. The Balaban J connectivity index is 1.66. The molecule has 0 fully saturated rings. The van der Waals surface area contributed by atoms with Gasteiger partial charge in [0.15, 0.2) is 5.82 Å². The lowest BCUT2D eigenvalue weighted by atomic mass is 10.2. The Labute approximate surface area is 158 Å². The highest BCUT2D eigenvalue weighted by molar-refractivity contribution is 7.13. The minimum Gasteiger partial charge on any atom is -0.487 e. The van der Waals surface area contributed by atoms with Crippen LogP contribution in [0.5, 0.6) is 5.75 Å². The van der Waals surface area contributed by atoms with Crippen molar-refractivity contribution in [2.24, 2.45) is 0 Å². The molecule has 4 aromatic rings. The van der Waals surface area contributed by atoms with Crippen molar-refractivity contribution in [1.29, 1.82) is 0 Å². The molecule has 0 unspecified atom stereocenters. The average Bonchev–Trinajstić information content (AvgIpc) is 3.22. The van der Waals surface area contributed by atoms with Crippen molar-refractivity contribution < 1.29 is 4.74 Å². The molecule has 132 valence electrons. The zero-order valence-corrected chi connectivity index (χ0v) is 15.7. The Morgan fingerprint density at radius 2 is 2.12 bits per heavy atom. The molecule has 0 atom stereocenters. The smallest absolute Gasteiger partial charge is 0.274 e. The molecule has 0 saturated heterocycles. The van der Waals surface area contributed by atoms with Gasteiger partial charge in [-0.15, -0.1) is 11.3 Å². The Morgan fingerprint density at radius 1 is 1.27 bits per heavy atom. The summed E-state index contributed by atoms with van der Waals surface area (Å²) in [7, 11) is 0. The number of thiophene rings is 1. The highest BCUT2D eigenvalue weighted by Crippen LogP contribution is 2.27. The van der Waals surface area contributed by atoms with Crippen LogP contribution in [0.15, 0.2) is 40.5 Å². The fourth-order valence-corrected chi connectivity index (χ4v) is 3.64. The lowest BCUT2D eigenvalue weighted by molar-refractivity contribution is 0.299. The fraction of sp³-hybridized carbons (Fsp3) is 0.167. The number of hydrogen-bond donors (Lipinski definition) is 1. The van der Waals surface area contributed by atoms with E-state index in [1.165, 1.54) is 10.6 Å². The molecular formula is C18H15ClN4O2S. The highest BCUT2D eigenvalue weighted by Gasteiger charge is 2.13. The van der Waals surface area contributed by atoms with E-state index in [1.807, 2.05) is 37.4 Å². The number of nitrogens with one attached hydrogen (secondary N) is 1. The van der Waals surface area contributed by atoms with Crippen molar-refractivity contribution in [3.63, 3.8) is 0 Å². The number of aromatic amines is 1. The average molecular weight is 387 g/mol. The van der Waals surface area contributed by atoms with Crippen molar-refractivity contribution in [3.05, 3.63) is 67.9 Å². The van der Waals surface area contributed by atoms with Crippen LogP contribution < -0.4 is 10.3 Å². The summed E-state index contributed by atoms with van der Waals surface area (Å²) in [6.45, 7) is 4.04. The van der Waals surface area contributed by atoms with Crippen LogP contribution in [-0.4, -0.2) is 19.6 Å². The standard InChI is InChI=1S/C18H15ClN4O2S/c1-10-6-7-26-16(10)17-21-18-20-12(8-15(24)23(18)22-17)9-25-14-5-3-4-13(19)11(14)2/h3-8H,9H2,1-2H3,(H,20,21,22). The van der Waals surface area contributed by atoms with E-state index >= 15 is 0 Å². The first-order valence-corrected chi connectivity index (χ1v) is 9.20. The third-order valence-corrected chi connectivity index (χ3v) is 5.49. The maximum absolute atomic E-state index is 12.4. The summed E-state index contributed by atoms with van der Waals surface area (Å²) in [6, 6.07) is 8.91. The number of H-pyrrole nitrogens is 1. The van der Waals surface area contributed by atoms with Crippen molar-refractivity contribution in [1.82, 2.24) is 19.6 Å². The van der Waals surface area contributed by atoms with Gasteiger partial charge >= 0.3 is 0 Å². The molecule has 0 radical (unpaired) electrons. The SMILES string of the molecule is Cc1ccsc1-c1nc2nc(COc3cccc(Cl)c3C)cc(=O)n2[nH]1. The molecule has 8 heteroatoms. The van der Waals surface area contributed by atoms with Gasteiger partial charge in [0.1, 0.15) is 12.4 Å². The minimum atomic E-state index is -0.232. The zero-order valence-electron chi connectivity index (χ0n) is 14.1. The van der Waals surface area contributed by atoms with Gasteiger partial charge in [0, 0.05) is 16.7 Å². The summed E-state index contributed by atoms with van der Waals surface area (Å²) < 4.78 is 7.11. The molecular weight excluding hydrogens is 372 g/mol. The van der Waals surface area contributed by atoms with Crippen LogP contribution in [0, 0.1) is 13.8 Å². The molecule has 3 aromatic heterocycles. The molecule has 1 N–H and O–H groups in total. The topological polar surface area (TPSA) is 72.3 Å². The van der Waals surface area contributed by atoms with Gasteiger partial charge in [0.2, 0.25) is 0 Å². The van der Waals surface area contributed by atoms with E-state index in [0.29, 0.717) is 28.1 Å². The number of halogens is 1. The van der Waals surface area contributed by atoms with Crippen LogP contribution in [0.3, 0.4) is 0 Å². The Hall–Kier alpha value is -2.64. The van der Waals surface area contributed by atoms with Gasteiger partial charge in [-0.1, -0.05) is 17.7 Å². The minimum absolute atomic E-state index is 0.160. The summed E-state index contributed by atoms with van der Waals surface area (Å²) in [5, 5.41) is 5.63. The Kier molecular flexibility index (Phi) is 4.26. The fourth-order valence-electron chi connectivity index (χ4n) is 2.61. The molecule has 6 nitrogen and oxygen atoms in total.